The fraction of sp³-hybridized carbons (Fsp3) is 0.636. The molecule has 0 spiro atoms. The molecule has 5 heteroatoms. The van der Waals surface area contributed by atoms with Gasteiger partial charge in [0.25, 0.3) is 0 Å². The minimum absolute atomic E-state index is 0.106. The van der Waals surface area contributed by atoms with Crippen LogP contribution in [0.5, 0.6) is 0 Å². The molecular weight excluding hydrogens is 210 g/mol. The van der Waals surface area contributed by atoms with Crippen LogP contribution in [-0.4, -0.2) is 25.3 Å². The predicted octanol–water partition coefficient (Wildman–Crippen LogP) is 1.98. The number of hydrogen-bond acceptors (Lipinski definition) is 4. The molecule has 0 rings (SSSR count). The van der Waals surface area contributed by atoms with Crippen molar-refractivity contribution in [3.8, 4) is 0 Å². The van der Waals surface area contributed by atoms with E-state index >= 15 is 0 Å². The lowest BCUT2D eigenvalue weighted by atomic mass is 10.3. The van der Waals surface area contributed by atoms with Crippen molar-refractivity contribution < 1.29 is 19.1 Å². The topological polar surface area (TPSA) is 64.6 Å². The van der Waals surface area contributed by atoms with Crippen molar-refractivity contribution in [2.45, 2.75) is 33.6 Å². The number of nitrogens with one attached hydrogen (secondary N) is 1. The van der Waals surface area contributed by atoms with Crippen LogP contribution in [0.1, 0.15) is 33.6 Å². The van der Waals surface area contributed by atoms with Crippen LogP contribution in [0, 0.1) is 0 Å². The summed E-state index contributed by atoms with van der Waals surface area (Å²) in [5.41, 5.74) is 0.106. The van der Waals surface area contributed by atoms with Gasteiger partial charge in [-0.2, -0.15) is 0 Å². The van der Waals surface area contributed by atoms with Crippen LogP contribution < -0.4 is 5.32 Å². The third-order valence-electron chi connectivity index (χ3n) is 1.75. The lowest BCUT2D eigenvalue weighted by molar-refractivity contribution is -0.139. The number of hydrogen-bond donors (Lipinski definition) is 1. The van der Waals surface area contributed by atoms with E-state index in [9.17, 15) is 9.59 Å². The first-order chi connectivity index (χ1) is 7.65. The predicted molar refractivity (Wildman–Crippen MR) is 59.8 cm³/mol. The highest BCUT2D eigenvalue weighted by molar-refractivity contribution is 5.92. The minimum Gasteiger partial charge on any atom is -0.461 e. The largest absolute Gasteiger partial charge is 0.461 e. The fourth-order valence-electron chi connectivity index (χ4n) is 0.905. The molecule has 0 bridgehead atoms. The summed E-state index contributed by atoms with van der Waals surface area (Å²) >= 11 is 0. The van der Waals surface area contributed by atoms with Crippen molar-refractivity contribution in [2.24, 2.45) is 0 Å². The third kappa shape index (κ3) is 6.06. The zero-order valence-electron chi connectivity index (χ0n) is 10.0. The van der Waals surface area contributed by atoms with Crippen LogP contribution in [-0.2, 0) is 14.3 Å². The highest BCUT2D eigenvalue weighted by atomic mass is 16.6. The monoisotopic (exact) mass is 229 g/mol. The Kier molecular flexibility index (Phi) is 7.93. The third-order valence-corrected chi connectivity index (χ3v) is 1.75. The molecule has 0 atom stereocenters. The molecule has 0 aliphatic carbocycles. The van der Waals surface area contributed by atoms with Gasteiger partial charge in [0.2, 0.25) is 0 Å². The number of unbranched alkanes of at least 4 members (excludes halogenated alkanes) is 1. The second-order valence-corrected chi connectivity index (χ2v) is 3.04. The van der Waals surface area contributed by atoms with Gasteiger partial charge in [-0.25, -0.2) is 9.59 Å². The van der Waals surface area contributed by atoms with Crippen molar-refractivity contribution in [3.63, 3.8) is 0 Å². The number of rotatable bonds is 6. The van der Waals surface area contributed by atoms with E-state index < -0.39 is 12.1 Å². The second kappa shape index (κ2) is 8.76. The van der Waals surface area contributed by atoms with Gasteiger partial charge in [0.05, 0.1) is 13.2 Å². The van der Waals surface area contributed by atoms with Crippen LogP contribution >= 0.6 is 0 Å². The van der Waals surface area contributed by atoms with E-state index in [-0.39, 0.29) is 12.3 Å². The Bertz CT molecular complexity index is 261. The van der Waals surface area contributed by atoms with Crippen molar-refractivity contribution in [2.75, 3.05) is 13.2 Å². The molecule has 0 saturated heterocycles. The molecule has 0 aliphatic heterocycles. The Balaban J connectivity index is 4.08. The molecule has 0 aromatic heterocycles. The maximum Gasteiger partial charge on any atom is 0.411 e. The Morgan fingerprint density at radius 3 is 2.44 bits per heavy atom. The summed E-state index contributed by atoms with van der Waals surface area (Å²) in [4.78, 5) is 22.5. The number of allylic oxidation sites excluding steroid dienone is 1. The number of esters is 1. The molecule has 16 heavy (non-hydrogen) atoms. The molecule has 0 aromatic carbocycles. The van der Waals surface area contributed by atoms with Gasteiger partial charge in [-0.15, -0.1) is 0 Å². The average molecular weight is 229 g/mol. The molecule has 0 aromatic rings. The SMILES string of the molecule is CC=C(NC(=O)OCC)C(=O)OCCCC. The van der Waals surface area contributed by atoms with E-state index in [2.05, 4.69) is 10.1 Å². The van der Waals surface area contributed by atoms with Crippen molar-refractivity contribution in [3.05, 3.63) is 11.8 Å². The highest BCUT2D eigenvalue weighted by Crippen LogP contribution is 1.97. The molecule has 1 amide bonds. The molecule has 0 saturated carbocycles. The molecular formula is C11H19NO4. The van der Waals surface area contributed by atoms with Crippen molar-refractivity contribution >= 4 is 12.1 Å². The van der Waals surface area contributed by atoms with Gasteiger partial charge in [-0.05, 0) is 20.3 Å². The standard InChI is InChI=1S/C11H19NO4/c1-4-7-8-16-10(13)9(5-2)12-11(14)15-6-3/h5H,4,6-8H2,1-3H3,(H,12,14). The number of ether oxygens (including phenoxy) is 2. The van der Waals surface area contributed by atoms with Gasteiger partial charge in [-0.3, -0.25) is 5.32 Å². The van der Waals surface area contributed by atoms with E-state index in [0.717, 1.165) is 12.8 Å². The first-order valence-corrected chi connectivity index (χ1v) is 5.42. The average Bonchev–Trinajstić information content (AvgIpc) is 2.26. The van der Waals surface area contributed by atoms with Gasteiger partial charge in [0.15, 0.2) is 0 Å². The normalized spacial score (nSPS) is 10.8. The summed E-state index contributed by atoms with van der Waals surface area (Å²) in [5, 5.41) is 2.32. The highest BCUT2D eigenvalue weighted by Gasteiger charge is 2.13. The summed E-state index contributed by atoms with van der Waals surface area (Å²) < 4.78 is 9.59. The van der Waals surface area contributed by atoms with Crippen LogP contribution in [0.3, 0.4) is 0 Å². The van der Waals surface area contributed by atoms with E-state index in [4.69, 9.17) is 4.74 Å². The first kappa shape index (κ1) is 14.5. The van der Waals surface area contributed by atoms with Gasteiger partial charge in [0.1, 0.15) is 5.70 Å². The van der Waals surface area contributed by atoms with Gasteiger partial charge in [-0.1, -0.05) is 19.4 Å². The van der Waals surface area contributed by atoms with Gasteiger partial charge >= 0.3 is 12.1 Å². The zero-order chi connectivity index (χ0) is 12.4. The molecule has 0 heterocycles. The lowest BCUT2D eigenvalue weighted by Crippen LogP contribution is -2.29. The summed E-state index contributed by atoms with van der Waals surface area (Å²) in [7, 11) is 0. The summed E-state index contributed by atoms with van der Waals surface area (Å²) in [6.07, 6.45) is 2.58. The van der Waals surface area contributed by atoms with E-state index in [1.807, 2.05) is 6.92 Å². The van der Waals surface area contributed by atoms with E-state index in [1.165, 1.54) is 6.08 Å². The molecule has 0 unspecified atom stereocenters. The second-order valence-electron chi connectivity index (χ2n) is 3.04. The van der Waals surface area contributed by atoms with Crippen LogP contribution in [0.15, 0.2) is 11.8 Å². The van der Waals surface area contributed by atoms with Crippen LogP contribution in [0.2, 0.25) is 0 Å². The van der Waals surface area contributed by atoms with Gasteiger partial charge < -0.3 is 9.47 Å². The first-order valence-electron chi connectivity index (χ1n) is 5.42. The zero-order valence-corrected chi connectivity index (χ0v) is 10.0. The van der Waals surface area contributed by atoms with Crippen LogP contribution in [0.25, 0.3) is 0 Å². The van der Waals surface area contributed by atoms with Crippen molar-refractivity contribution in [1.82, 2.24) is 5.32 Å². The van der Waals surface area contributed by atoms with E-state index in [0.29, 0.717) is 6.61 Å². The molecule has 0 fully saturated rings. The van der Waals surface area contributed by atoms with Crippen molar-refractivity contribution in [1.29, 1.82) is 0 Å². The number of alkyl carbamates (subject to hydrolysis) is 1. The van der Waals surface area contributed by atoms with Gasteiger partial charge in [0, 0.05) is 0 Å². The number of carbonyl (C=O) groups excluding carboxylic acids is 2. The minimum atomic E-state index is -0.650. The maximum atomic E-state index is 11.4. The van der Waals surface area contributed by atoms with E-state index in [1.54, 1.807) is 13.8 Å². The lowest BCUT2D eigenvalue weighted by Gasteiger charge is -2.08. The Labute approximate surface area is 95.8 Å². The Morgan fingerprint density at radius 2 is 1.94 bits per heavy atom. The summed E-state index contributed by atoms with van der Waals surface area (Å²) in [6, 6.07) is 0. The summed E-state index contributed by atoms with van der Waals surface area (Å²) in [6.45, 7) is 5.95. The molecule has 0 aliphatic rings. The molecule has 5 nitrogen and oxygen atoms in total. The molecule has 92 valence electrons. The molecule has 1 N–H and O–H groups in total. The Morgan fingerprint density at radius 1 is 1.25 bits per heavy atom. The number of amides is 1. The maximum absolute atomic E-state index is 11.4. The van der Waals surface area contributed by atoms with Crippen LogP contribution in [0.4, 0.5) is 4.79 Å². The molecule has 0 radical (unpaired) electrons. The number of carbonyl (C=O) groups is 2. The smallest absolute Gasteiger partial charge is 0.411 e. The fourth-order valence-corrected chi connectivity index (χ4v) is 0.905. The quantitative estimate of drug-likeness (QED) is 0.429. The Hall–Kier alpha value is -1.52. The summed E-state index contributed by atoms with van der Waals surface area (Å²) in [5.74, 6) is -0.538.